The molecule has 4 rings (SSSR count). The molecule has 0 radical (unpaired) electrons. The zero-order chi connectivity index (χ0) is 16.5. The summed E-state index contributed by atoms with van der Waals surface area (Å²) < 4.78 is 5.75. The van der Waals surface area contributed by atoms with Crippen molar-refractivity contribution >= 4 is 34.0 Å². The van der Waals surface area contributed by atoms with Crippen LogP contribution in [0, 0.1) is 22.7 Å². The van der Waals surface area contributed by atoms with Gasteiger partial charge in [0.2, 0.25) is 0 Å². The number of hydrogen-bond donors (Lipinski definition) is 1. The van der Waals surface area contributed by atoms with Crippen molar-refractivity contribution in [3.8, 4) is 12.1 Å². The van der Waals surface area contributed by atoms with E-state index in [4.69, 9.17) is 14.9 Å². The highest BCUT2D eigenvalue weighted by Gasteiger charge is 2.03. The van der Waals surface area contributed by atoms with Gasteiger partial charge in [-0.25, -0.2) is 0 Å². The van der Waals surface area contributed by atoms with Gasteiger partial charge >= 0.3 is 0 Å². The minimum atomic E-state index is 0.614. The highest BCUT2D eigenvalue weighted by molar-refractivity contribution is 5.86. The first kappa shape index (κ1) is 13.9. The van der Waals surface area contributed by atoms with Crippen molar-refractivity contribution in [3.63, 3.8) is 0 Å². The third-order valence-corrected chi connectivity index (χ3v) is 3.86. The minimum Gasteiger partial charge on any atom is -0.457 e. The third-order valence-electron chi connectivity index (χ3n) is 3.86. The number of hydrogen-bond acceptors (Lipinski definition) is 3. The van der Waals surface area contributed by atoms with Gasteiger partial charge in [0, 0.05) is 22.0 Å². The highest BCUT2D eigenvalue weighted by Crippen LogP contribution is 2.23. The van der Waals surface area contributed by atoms with Crippen LogP contribution in [0.2, 0.25) is 0 Å². The quantitative estimate of drug-likeness (QED) is 0.576. The Balaban J connectivity index is 1.67. The number of nitrogens with zero attached hydrogens (tertiary/aromatic N) is 2. The Morgan fingerprint density at radius 3 is 2.46 bits per heavy atom. The zero-order valence-corrected chi connectivity index (χ0v) is 12.6. The fraction of sp³-hybridized carbons (Fsp3) is 0. The maximum absolute atomic E-state index is 8.95. The van der Waals surface area contributed by atoms with Crippen LogP contribution in [0.3, 0.4) is 0 Å². The Kier molecular flexibility index (Phi) is 3.16. The molecule has 0 bridgehead atoms. The first-order valence-electron chi connectivity index (χ1n) is 7.40. The van der Waals surface area contributed by atoms with Crippen LogP contribution >= 0.6 is 0 Å². The van der Waals surface area contributed by atoms with Crippen LogP contribution in [0.4, 0.5) is 0 Å². The summed E-state index contributed by atoms with van der Waals surface area (Å²) in [5, 5.41) is 19.9. The molecule has 4 nitrogen and oxygen atoms in total. The highest BCUT2D eigenvalue weighted by atomic mass is 16.3. The molecule has 0 aliphatic carbocycles. The largest absolute Gasteiger partial charge is 0.457 e. The zero-order valence-electron chi connectivity index (χ0n) is 12.6. The summed E-state index contributed by atoms with van der Waals surface area (Å²) in [5.74, 6) is 0.719. The van der Waals surface area contributed by atoms with E-state index in [1.807, 2.05) is 42.5 Å². The Bertz CT molecular complexity index is 1090. The maximum Gasteiger partial charge on any atom is 0.134 e. The Morgan fingerprint density at radius 1 is 0.833 bits per heavy atom. The lowest BCUT2D eigenvalue weighted by molar-refractivity contribution is 0.604. The number of nitriles is 2. The summed E-state index contributed by atoms with van der Waals surface area (Å²) in [6, 6.07) is 19.1. The summed E-state index contributed by atoms with van der Waals surface area (Å²) in [5.41, 5.74) is 3.85. The van der Waals surface area contributed by atoms with Gasteiger partial charge in [-0.3, -0.25) is 0 Å². The van der Waals surface area contributed by atoms with Crippen LogP contribution in [0.25, 0.3) is 34.0 Å². The molecular weight excluding hydrogens is 298 g/mol. The molecule has 0 amide bonds. The van der Waals surface area contributed by atoms with Gasteiger partial charge in [-0.1, -0.05) is 6.07 Å². The number of nitrogens with one attached hydrogen (secondary N) is 1. The van der Waals surface area contributed by atoms with Gasteiger partial charge in [-0.05, 0) is 54.6 Å². The molecule has 4 heteroatoms. The molecule has 4 aromatic rings. The smallest absolute Gasteiger partial charge is 0.134 e. The Hall–Kier alpha value is -3.76. The van der Waals surface area contributed by atoms with E-state index in [0.717, 1.165) is 33.3 Å². The molecule has 2 heterocycles. The van der Waals surface area contributed by atoms with Gasteiger partial charge < -0.3 is 9.40 Å². The summed E-state index contributed by atoms with van der Waals surface area (Å²) >= 11 is 0. The first-order valence-corrected chi connectivity index (χ1v) is 7.40. The monoisotopic (exact) mass is 309 g/mol. The molecule has 0 saturated carbocycles. The second kappa shape index (κ2) is 5.46. The van der Waals surface area contributed by atoms with E-state index >= 15 is 0 Å². The molecule has 0 aliphatic rings. The van der Waals surface area contributed by atoms with Crippen LogP contribution in [-0.2, 0) is 0 Å². The van der Waals surface area contributed by atoms with E-state index in [-0.39, 0.29) is 0 Å². The molecule has 2 aromatic carbocycles. The molecule has 0 aliphatic heterocycles. The lowest BCUT2D eigenvalue weighted by Gasteiger charge is -1.89. The number of fused-ring (bicyclic) bond motifs is 2. The third kappa shape index (κ3) is 2.43. The van der Waals surface area contributed by atoms with Crippen molar-refractivity contribution in [2.45, 2.75) is 0 Å². The fourth-order valence-corrected chi connectivity index (χ4v) is 2.70. The molecule has 24 heavy (non-hydrogen) atoms. The lowest BCUT2D eigenvalue weighted by atomic mass is 10.2. The molecule has 2 aromatic heterocycles. The molecule has 1 N–H and O–H groups in total. The summed E-state index contributed by atoms with van der Waals surface area (Å²) in [7, 11) is 0. The standard InChI is InChI=1S/C20H11N3O/c21-11-13-2-6-20-16(7-13)10-18(24-20)5-4-17-9-15-3-1-14(12-22)8-19(15)23-17/h1-10,23H/b5-4+. The van der Waals surface area contributed by atoms with E-state index in [0.29, 0.717) is 11.1 Å². The predicted octanol–water partition coefficient (Wildman–Crippen LogP) is 4.83. The first-order chi connectivity index (χ1) is 11.7. The van der Waals surface area contributed by atoms with Gasteiger partial charge in [-0.2, -0.15) is 10.5 Å². The molecule has 0 spiro atoms. The van der Waals surface area contributed by atoms with E-state index in [1.54, 1.807) is 18.2 Å². The average Bonchev–Trinajstić information content (AvgIpc) is 3.21. The number of aromatic amines is 1. The number of benzene rings is 2. The molecular formula is C20H11N3O. The van der Waals surface area contributed by atoms with Crippen molar-refractivity contribution in [2.75, 3.05) is 0 Å². The second-order valence-corrected chi connectivity index (χ2v) is 5.49. The molecule has 112 valence electrons. The van der Waals surface area contributed by atoms with Crippen LogP contribution in [-0.4, -0.2) is 4.98 Å². The van der Waals surface area contributed by atoms with Crippen molar-refractivity contribution < 1.29 is 4.42 Å². The second-order valence-electron chi connectivity index (χ2n) is 5.49. The summed E-state index contributed by atoms with van der Waals surface area (Å²) in [6.07, 6.45) is 3.80. The van der Waals surface area contributed by atoms with Gasteiger partial charge in [0.05, 0.1) is 23.3 Å². The van der Waals surface area contributed by atoms with Crippen LogP contribution in [0.5, 0.6) is 0 Å². The maximum atomic E-state index is 8.95. The number of H-pyrrole nitrogens is 1. The van der Waals surface area contributed by atoms with Gasteiger partial charge in [0.25, 0.3) is 0 Å². The SMILES string of the molecule is N#Cc1ccc2oc(/C=C/c3cc4ccc(C#N)cc4[nH]3)cc2c1. The Morgan fingerprint density at radius 2 is 1.62 bits per heavy atom. The molecule has 0 unspecified atom stereocenters. The fourth-order valence-electron chi connectivity index (χ4n) is 2.70. The lowest BCUT2D eigenvalue weighted by Crippen LogP contribution is -1.73. The van der Waals surface area contributed by atoms with Crippen molar-refractivity contribution in [1.29, 1.82) is 10.5 Å². The Labute approximate surface area is 137 Å². The van der Waals surface area contributed by atoms with Gasteiger partial charge in [-0.15, -0.1) is 0 Å². The van der Waals surface area contributed by atoms with Crippen LogP contribution < -0.4 is 0 Å². The van der Waals surface area contributed by atoms with E-state index < -0.39 is 0 Å². The van der Waals surface area contributed by atoms with E-state index in [9.17, 15) is 0 Å². The molecule has 0 saturated heterocycles. The average molecular weight is 309 g/mol. The van der Waals surface area contributed by atoms with Gasteiger partial charge in [0.1, 0.15) is 11.3 Å². The van der Waals surface area contributed by atoms with Crippen molar-refractivity contribution in [3.05, 3.63) is 71.1 Å². The summed E-state index contributed by atoms with van der Waals surface area (Å²) in [6.45, 7) is 0. The van der Waals surface area contributed by atoms with E-state index in [1.165, 1.54) is 0 Å². The number of furan rings is 1. The molecule has 0 atom stereocenters. The van der Waals surface area contributed by atoms with Gasteiger partial charge in [0.15, 0.2) is 0 Å². The molecule has 0 fully saturated rings. The van der Waals surface area contributed by atoms with Crippen molar-refractivity contribution in [2.24, 2.45) is 0 Å². The number of aromatic nitrogens is 1. The minimum absolute atomic E-state index is 0.614. The summed E-state index contributed by atoms with van der Waals surface area (Å²) in [4.78, 5) is 3.27. The predicted molar refractivity (Wildman–Crippen MR) is 92.9 cm³/mol. The normalized spacial score (nSPS) is 11.1. The topological polar surface area (TPSA) is 76.5 Å². The van der Waals surface area contributed by atoms with Crippen LogP contribution in [0.1, 0.15) is 22.6 Å². The van der Waals surface area contributed by atoms with Crippen molar-refractivity contribution in [1.82, 2.24) is 4.98 Å². The van der Waals surface area contributed by atoms with E-state index in [2.05, 4.69) is 17.1 Å². The number of rotatable bonds is 2. The van der Waals surface area contributed by atoms with Crippen LogP contribution in [0.15, 0.2) is 52.9 Å².